The van der Waals surface area contributed by atoms with E-state index < -0.39 is 0 Å². The van der Waals surface area contributed by atoms with Gasteiger partial charge in [-0.15, -0.1) is 0 Å². The average molecular weight is 487 g/mol. The van der Waals surface area contributed by atoms with Crippen LogP contribution in [0.3, 0.4) is 0 Å². The number of methoxy groups -OCH3 is 1. The lowest BCUT2D eigenvalue weighted by atomic mass is 10.0. The molecule has 186 valence electrons. The minimum Gasteiger partial charge on any atom is -0.493 e. The van der Waals surface area contributed by atoms with Crippen LogP contribution in [0.5, 0.6) is 11.5 Å². The van der Waals surface area contributed by atoms with E-state index in [9.17, 15) is 4.79 Å². The number of hydrogen-bond donors (Lipinski definition) is 0. The standard InChI is InChI=1S/C27H30N6O3/c1-35-24-16-20-15-23-22(26(34)33-7-2-4-21(33)18-30-23)14-19(20)17-25(24)36-13-12-31-8-10-32(11-9-31)27-28-5-3-6-29-27/h3,5-6,14-18,21H,2,4,7-13H2,1H3/t21-/m0/s1. The van der Waals surface area contributed by atoms with Gasteiger partial charge in [0.05, 0.1) is 24.4 Å². The zero-order valence-electron chi connectivity index (χ0n) is 20.5. The number of nitrogens with zero attached hydrogens (tertiary/aromatic N) is 6. The van der Waals surface area contributed by atoms with Crippen molar-refractivity contribution in [3.8, 4) is 11.5 Å². The fraction of sp³-hybridized carbons (Fsp3) is 0.407. The Bertz CT molecular complexity index is 1290. The van der Waals surface area contributed by atoms with Crippen molar-refractivity contribution in [3.05, 3.63) is 48.3 Å². The number of carbonyl (C=O) groups excluding carboxylic acids is 1. The highest BCUT2D eigenvalue weighted by Crippen LogP contribution is 2.37. The second-order valence-corrected chi connectivity index (χ2v) is 9.43. The maximum Gasteiger partial charge on any atom is 0.256 e. The zero-order valence-corrected chi connectivity index (χ0v) is 20.5. The highest BCUT2D eigenvalue weighted by molar-refractivity contribution is 6.07. The Hall–Kier alpha value is -3.72. The van der Waals surface area contributed by atoms with Crippen LogP contribution in [-0.4, -0.2) is 90.9 Å². The molecule has 0 spiro atoms. The van der Waals surface area contributed by atoms with Gasteiger partial charge in [0.1, 0.15) is 6.61 Å². The van der Waals surface area contributed by atoms with E-state index in [0.717, 1.165) is 74.5 Å². The van der Waals surface area contributed by atoms with Gasteiger partial charge in [0.25, 0.3) is 5.91 Å². The first-order valence-electron chi connectivity index (χ1n) is 12.6. The van der Waals surface area contributed by atoms with Crippen molar-refractivity contribution < 1.29 is 14.3 Å². The molecule has 3 aromatic rings. The molecule has 36 heavy (non-hydrogen) atoms. The van der Waals surface area contributed by atoms with Crippen LogP contribution >= 0.6 is 0 Å². The molecule has 0 bridgehead atoms. The normalized spacial score (nSPS) is 19.8. The maximum atomic E-state index is 13.2. The van der Waals surface area contributed by atoms with Crippen LogP contribution in [0, 0.1) is 0 Å². The molecule has 1 atom stereocenters. The molecule has 2 saturated heterocycles. The van der Waals surface area contributed by atoms with Gasteiger partial charge >= 0.3 is 0 Å². The molecule has 3 aliphatic rings. The van der Waals surface area contributed by atoms with Crippen LogP contribution in [0.15, 0.2) is 47.7 Å². The van der Waals surface area contributed by atoms with E-state index in [-0.39, 0.29) is 11.9 Å². The second kappa shape index (κ2) is 9.73. The first kappa shape index (κ1) is 22.7. The van der Waals surface area contributed by atoms with E-state index in [1.54, 1.807) is 19.5 Å². The summed E-state index contributed by atoms with van der Waals surface area (Å²) in [5.74, 6) is 2.21. The summed E-state index contributed by atoms with van der Waals surface area (Å²) >= 11 is 0. The number of ether oxygens (including phenoxy) is 2. The van der Waals surface area contributed by atoms with Gasteiger partial charge in [-0.2, -0.15) is 0 Å². The minimum atomic E-state index is 0.0604. The van der Waals surface area contributed by atoms with E-state index in [0.29, 0.717) is 23.7 Å². The van der Waals surface area contributed by atoms with Crippen LogP contribution in [-0.2, 0) is 0 Å². The van der Waals surface area contributed by atoms with E-state index in [2.05, 4.69) is 24.8 Å². The molecule has 3 aliphatic heterocycles. The Labute approximate surface area is 210 Å². The molecular formula is C27H30N6O3. The third kappa shape index (κ3) is 4.35. The van der Waals surface area contributed by atoms with Crippen molar-refractivity contribution in [2.24, 2.45) is 4.99 Å². The molecule has 0 saturated carbocycles. The number of anilines is 1. The molecule has 9 nitrogen and oxygen atoms in total. The fourth-order valence-electron chi connectivity index (χ4n) is 5.28. The summed E-state index contributed by atoms with van der Waals surface area (Å²) in [5.41, 5.74) is 1.37. The van der Waals surface area contributed by atoms with Crippen molar-refractivity contribution in [1.29, 1.82) is 0 Å². The van der Waals surface area contributed by atoms with Gasteiger partial charge in [0.2, 0.25) is 5.95 Å². The molecular weight excluding hydrogens is 456 g/mol. The molecule has 9 heteroatoms. The smallest absolute Gasteiger partial charge is 0.256 e. The van der Waals surface area contributed by atoms with Gasteiger partial charge in [-0.25, -0.2) is 9.97 Å². The number of amides is 1. The second-order valence-electron chi connectivity index (χ2n) is 9.43. The fourth-order valence-corrected chi connectivity index (χ4v) is 5.28. The Morgan fingerprint density at radius 1 is 0.972 bits per heavy atom. The highest BCUT2D eigenvalue weighted by Gasteiger charge is 2.32. The molecule has 2 fully saturated rings. The van der Waals surface area contributed by atoms with Crippen LogP contribution in [0.1, 0.15) is 23.2 Å². The van der Waals surface area contributed by atoms with Gasteiger partial charge in [-0.1, -0.05) is 0 Å². The maximum absolute atomic E-state index is 13.2. The van der Waals surface area contributed by atoms with E-state index in [1.807, 2.05) is 41.4 Å². The van der Waals surface area contributed by atoms with Crippen LogP contribution in [0.2, 0.25) is 0 Å². The predicted octanol–water partition coefficient (Wildman–Crippen LogP) is 3.16. The van der Waals surface area contributed by atoms with Gasteiger partial charge in [-0.3, -0.25) is 14.7 Å². The summed E-state index contributed by atoms with van der Waals surface area (Å²) in [6, 6.07) is 9.80. The lowest BCUT2D eigenvalue weighted by Crippen LogP contribution is -2.48. The number of aliphatic imine (C=N–C) groups is 1. The molecule has 0 aliphatic carbocycles. The monoisotopic (exact) mass is 486 g/mol. The Kier molecular flexibility index (Phi) is 6.14. The molecule has 4 heterocycles. The van der Waals surface area contributed by atoms with E-state index in [1.165, 1.54) is 0 Å². The number of piperazine rings is 1. The van der Waals surface area contributed by atoms with Crippen LogP contribution in [0.4, 0.5) is 11.6 Å². The minimum absolute atomic E-state index is 0.0604. The summed E-state index contributed by atoms with van der Waals surface area (Å²) in [6.07, 6.45) is 7.48. The largest absolute Gasteiger partial charge is 0.493 e. The average Bonchev–Trinajstić information content (AvgIpc) is 3.36. The molecule has 1 aromatic heterocycles. The summed E-state index contributed by atoms with van der Waals surface area (Å²) in [7, 11) is 1.65. The molecule has 2 aromatic carbocycles. The SMILES string of the molecule is COc1cc2cc3c(cc2cc1OCCN1CCN(c2ncccn2)CC1)C(=O)N1CCC[C@H]1C=N3. The number of fused-ring (bicyclic) bond motifs is 3. The van der Waals surface area contributed by atoms with Crippen LogP contribution < -0.4 is 14.4 Å². The number of hydrogen-bond acceptors (Lipinski definition) is 8. The Morgan fingerprint density at radius 3 is 2.56 bits per heavy atom. The summed E-state index contributed by atoms with van der Waals surface area (Å²) in [6.45, 7) is 5.80. The predicted molar refractivity (Wildman–Crippen MR) is 139 cm³/mol. The summed E-state index contributed by atoms with van der Waals surface area (Å²) < 4.78 is 11.8. The summed E-state index contributed by atoms with van der Waals surface area (Å²) in [4.78, 5) is 33.1. The quantitative estimate of drug-likeness (QED) is 0.529. The lowest BCUT2D eigenvalue weighted by Gasteiger charge is -2.34. The van der Waals surface area contributed by atoms with E-state index in [4.69, 9.17) is 9.47 Å². The van der Waals surface area contributed by atoms with Crippen molar-refractivity contribution in [3.63, 3.8) is 0 Å². The highest BCUT2D eigenvalue weighted by atomic mass is 16.5. The summed E-state index contributed by atoms with van der Waals surface area (Å²) in [5, 5.41) is 1.92. The van der Waals surface area contributed by atoms with Crippen molar-refractivity contribution in [2.75, 3.05) is 57.9 Å². The number of carbonyl (C=O) groups is 1. The molecule has 0 radical (unpaired) electrons. The third-order valence-electron chi connectivity index (χ3n) is 7.29. The molecule has 6 rings (SSSR count). The molecule has 1 amide bonds. The van der Waals surface area contributed by atoms with Gasteiger partial charge < -0.3 is 19.3 Å². The lowest BCUT2D eigenvalue weighted by molar-refractivity contribution is 0.0775. The topological polar surface area (TPSA) is 83.4 Å². The molecule has 0 unspecified atom stereocenters. The van der Waals surface area contributed by atoms with Crippen molar-refractivity contribution in [1.82, 2.24) is 19.8 Å². The van der Waals surface area contributed by atoms with E-state index >= 15 is 0 Å². The van der Waals surface area contributed by atoms with Crippen molar-refractivity contribution >= 4 is 34.5 Å². The number of rotatable bonds is 6. The van der Waals surface area contributed by atoms with Gasteiger partial charge in [0.15, 0.2) is 11.5 Å². The Balaban J connectivity index is 1.14. The number of aromatic nitrogens is 2. The van der Waals surface area contributed by atoms with Gasteiger partial charge in [-0.05, 0) is 53.9 Å². The van der Waals surface area contributed by atoms with Gasteiger partial charge in [0, 0.05) is 57.9 Å². The Morgan fingerprint density at radius 2 is 1.75 bits per heavy atom. The first-order valence-corrected chi connectivity index (χ1v) is 12.6. The third-order valence-corrected chi connectivity index (χ3v) is 7.29. The van der Waals surface area contributed by atoms with Crippen molar-refractivity contribution in [2.45, 2.75) is 18.9 Å². The van der Waals surface area contributed by atoms with Crippen LogP contribution in [0.25, 0.3) is 10.8 Å². The number of benzene rings is 2. The zero-order chi connectivity index (χ0) is 24.5. The first-order chi connectivity index (χ1) is 17.7. The molecule has 0 N–H and O–H groups in total.